The number of hydrogen-bond donors (Lipinski definition) is 10. The van der Waals surface area contributed by atoms with Gasteiger partial charge in [0, 0.05) is 26.4 Å². The van der Waals surface area contributed by atoms with Crippen LogP contribution in [0.15, 0.2) is 9.98 Å². The van der Waals surface area contributed by atoms with Gasteiger partial charge in [0.25, 0.3) is 0 Å². The van der Waals surface area contributed by atoms with Gasteiger partial charge in [0.05, 0.1) is 17.6 Å². The van der Waals surface area contributed by atoms with E-state index in [1.54, 1.807) is 0 Å². The van der Waals surface area contributed by atoms with Gasteiger partial charge in [-0.1, -0.05) is 13.8 Å². The molecule has 19 nitrogen and oxygen atoms in total. The molecule has 4 fully saturated rings. The van der Waals surface area contributed by atoms with Crippen LogP contribution < -0.4 is 49.9 Å². The molecule has 3 aliphatic carbocycles. The first kappa shape index (κ1) is 44.2. The van der Waals surface area contributed by atoms with Crippen LogP contribution in [-0.2, 0) is 33.3 Å². The van der Waals surface area contributed by atoms with Crippen molar-refractivity contribution in [2.45, 2.75) is 134 Å². The fraction of sp³-hybridized carbons (Fsp3) is 0.794. The second kappa shape index (κ2) is 20.0. The first-order valence-electron chi connectivity index (χ1n) is 18.9. The maximum absolute atomic E-state index is 14.1. The molecule has 4 rings (SSSR count). The van der Waals surface area contributed by atoms with E-state index in [0.29, 0.717) is 57.0 Å². The molecule has 8 atom stereocenters. The van der Waals surface area contributed by atoms with E-state index in [0.717, 1.165) is 12.8 Å². The highest BCUT2D eigenvalue weighted by molar-refractivity contribution is 6.48. The van der Waals surface area contributed by atoms with Crippen LogP contribution in [0.4, 0.5) is 0 Å². The number of hydrogen-bond acceptors (Lipinski definition) is 10. The number of carboxylic acid groups (broad SMARTS) is 1. The smallest absolute Gasteiger partial charge is 0.481 e. The van der Waals surface area contributed by atoms with E-state index in [2.05, 4.69) is 52.0 Å². The number of nitrogens with one attached hydrogen (secondary N) is 4. The lowest BCUT2D eigenvalue weighted by atomic mass is 9.43. The Morgan fingerprint density at radius 3 is 1.85 bits per heavy atom. The summed E-state index contributed by atoms with van der Waals surface area (Å²) in [7, 11) is -0.765. The molecule has 4 amide bonds. The second-order valence-corrected chi connectivity index (χ2v) is 15.4. The van der Waals surface area contributed by atoms with Crippen LogP contribution in [-0.4, -0.2) is 109 Å². The molecule has 0 spiro atoms. The molecular formula is C34H62BN11O8. The van der Waals surface area contributed by atoms with Crippen molar-refractivity contribution >= 4 is 48.6 Å². The van der Waals surface area contributed by atoms with Gasteiger partial charge in [0.1, 0.15) is 18.1 Å². The van der Waals surface area contributed by atoms with Crippen LogP contribution in [0.5, 0.6) is 0 Å². The third-order valence-corrected chi connectivity index (χ3v) is 11.1. The number of aliphatic carboxylic acids is 1. The minimum Gasteiger partial charge on any atom is -0.481 e. The second-order valence-electron chi connectivity index (χ2n) is 15.4. The molecule has 0 aromatic rings. The Morgan fingerprint density at radius 2 is 1.31 bits per heavy atom. The van der Waals surface area contributed by atoms with E-state index < -0.39 is 72.8 Å². The van der Waals surface area contributed by atoms with Crippen molar-refractivity contribution < 1.29 is 38.4 Å². The first-order chi connectivity index (χ1) is 25.4. The van der Waals surface area contributed by atoms with Crippen LogP contribution in [0, 0.1) is 17.3 Å². The van der Waals surface area contributed by atoms with Gasteiger partial charge in [-0.15, -0.1) is 0 Å². The number of carbonyl (C=O) groups is 5. The Labute approximate surface area is 317 Å². The summed E-state index contributed by atoms with van der Waals surface area (Å²) in [4.78, 5) is 72.7. The number of amides is 4. The fourth-order valence-electron chi connectivity index (χ4n) is 8.01. The van der Waals surface area contributed by atoms with Crippen molar-refractivity contribution in [1.29, 1.82) is 0 Å². The molecule has 3 unspecified atom stereocenters. The molecule has 0 aromatic carbocycles. The van der Waals surface area contributed by atoms with Crippen LogP contribution in [0.1, 0.15) is 98.3 Å². The normalized spacial score (nSPS) is 24.3. The van der Waals surface area contributed by atoms with Crippen molar-refractivity contribution in [1.82, 2.24) is 21.3 Å². The molecule has 0 aromatic heterocycles. The average Bonchev–Trinajstić information content (AvgIpc) is 3.45. The first-order valence-corrected chi connectivity index (χ1v) is 18.9. The zero-order valence-electron chi connectivity index (χ0n) is 32.1. The van der Waals surface area contributed by atoms with Crippen molar-refractivity contribution in [3.8, 4) is 0 Å². The third kappa shape index (κ3) is 12.2. The Kier molecular flexibility index (Phi) is 16.3. The lowest BCUT2D eigenvalue weighted by molar-refractivity contribution is -0.199. The molecule has 2 bridgehead atoms. The average molecular weight is 764 g/mol. The van der Waals surface area contributed by atoms with E-state index in [9.17, 15) is 29.1 Å². The highest BCUT2D eigenvalue weighted by Gasteiger charge is 2.68. The van der Waals surface area contributed by atoms with E-state index >= 15 is 0 Å². The quantitative estimate of drug-likeness (QED) is 0.0241. The molecule has 1 saturated heterocycles. The Balaban J connectivity index is 1.80. The number of carboxylic acids is 1. The van der Waals surface area contributed by atoms with Crippen molar-refractivity contribution in [3.05, 3.63) is 0 Å². The predicted molar refractivity (Wildman–Crippen MR) is 203 cm³/mol. The van der Waals surface area contributed by atoms with E-state index in [-0.39, 0.29) is 49.2 Å². The summed E-state index contributed by atoms with van der Waals surface area (Å²) in [5.74, 6) is -3.65. The highest BCUT2D eigenvalue weighted by Crippen LogP contribution is 2.65. The lowest BCUT2D eigenvalue weighted by Gasteiger charge is -2.64. The van der Waals surface area contributed by atoms with E-state index in [1.165, 1.54) is 6.92 Å². The molecule has 3 saturated carbocycles. The summed E-state index contributed by atoms with van der Waals surface area (Å²) in [6.45, 7) is 8.71. The molecule has 20 heteroatoms. The number of unbranched alkanes of at least 4 members (excludes halogenated alkanes) is 1. The number of carbonyl (C=O) groups excluding carboxylic acids is 4. The topological polar surface area (TPSA) is 327 Å². The molecule has 15 N–H and O–H groups in total. The number of rotatable bonds is 23. The number of aliphatic imine (C=N–C) groups is 2. The van der Waals surface area contributed by atoms with Crippen LogP contribution in [0.2, 0.25) is 0 Å². The number of nitrogens with two attached hydrogens (primary N) is 5. The van der Waals surface area contributed by atoms with Gasteiger partial charge in [-0.05, 0) is 94.9 Å². The Bertz CT molecular complexity index is 1390. The van der Waals surface area contributed by atoms with Crippen molar-refractivity contribution in [3.63, 3.8) is 0 Å². The van der Waals surface area contributed by atoms with Crippen LogP contribution in [0.25, 0.3) is 0 Å². The third-order valence-electron chi connectivity index (χ3n) is 11.1. The van der Waals surface area contributed by atoms with Crippen LogP contribution >= 0.6 is 0 Å². The minimum absolute atomic E-state index is 0.0500. The SMILES string of the molecule is CC(=O)N[C@@H](CCCN=C(N)N)C(=O)N[C@@H](CCC(=O)O)C(=O)N[C@@H](CCCCN)C(=O)N[C@@H](CCCN=C(N)N)B1OC2CC3CC(C3(C)C)[C@]2(C)O1. The largest absolute Gasteiger partial charge is 0.481 e. The van der Waals surface area contributed by atoms with Gasteiger partial charge in [0.2, 0.25) is 23.6 Å². The van der Waals surface area contributed by atoms with Gasteiger partial charge >= 0.3 is 13.1 Å². The highest BCUT2D eigenvalue weighted by atomic mass is 16.7. The number of nitrogens with zero attached hydrogens (tertiary/aromatic N) is 2. The van der Waals surface area contributed by atoms with E-state index in [1.807, 2.05) is 0 Å². The Hall–Kier alpha value is -4.17. The zero-order valence-corrected chi connectivity index (χ0v) is 32.1. The van der Waals surface area contributed by atoms with Crippen molar-refractivity contribution in [2.75, 3.05) is 19.6 Å². The predicted octanol–water partition coefficient (Wildman–Crippen LogP) is -1.69. The molecule has 54 heavy (non-hydrogen) atoms. The summed E-state index contributed by atoms with van der Waals surface area (Å²) < 4.78 is 13.2. The zero-order chi connectivity index (χ0) is 40.2. The molecule has 0 radical (unpaired) electrons. The molecule has 304 valence electrons. The maximum Gasteiger partial charge on any atom is 0.481 e. The van der Waals surface area contributed by atoms with Crippen molar-refractivity contribution in [2.24, 2.45) is 55.9 Å². The summed E-state index contributed by atoms with van der Waals surface area (Å²) in [6.07, 6.45) is 3.67. The summed E-state index contributed by atoms with van der Waals surface area (Å²) in [5, 5.41) is 20.3. The lowest BCUT2D eigenvalue weighted by Crippen LogP contribution is -2.65. The van der Waals surface area contributed by atoms with Gasteiger partial charge < -0.3 is 64.4 Å². The maximum atomic E-state index is 14.1. The minimum atomic E-state index is -1.35. The van der Waals surface area contributed by atoms with Gasteiger partial charge in [-0.2, -0.15) is 0 Å². The summed E-state index contributed by atoms with van der Waals surface area (Å²) in [6, 6.07) is -3.49. The Morgan fingerprint density at radius 1 is 0.778 bits per heavy atom. The molecular weight excluding hydrogens is 701 g/mol. The standard InChI is InChI=1S/C34H62BN11O8/c1-19(47)43-21(10-7-15-41-31(37)38)28(50)45-23(12-13-27(48)49)29(51)44-22(9-5-6-14-36)30(52)46-26(11-8-16-42-32(39)40)35-53-25-18-20-17-24(33(20,2)3)34(25,4)54-35/h20-26H,5-18,36H2,1-4H3,(H,43,47)(H,44,51)(H,45,50)(H,46,52)(H,48,49)(H4,37,38,41)(H4,39,40,42)/t20?,21-,22-,23-,24?,25?,26-,34-/m0/s1. The van der Waals surface area contributed by atoms with E-state index in [4.69, 9.17) is 38.0 Å². The van der Waals surface area contributed by atoms with Gasteiger partial charge in [0.15, 0.2) is 11.9 Å². The van der Waals surface area contributed by atoms with Gasteiger partial charge in [-0.25, -0.2) is 0 Å². The summed E-state index contributed by atoms with van der Waals surface area (Å²) >= 11 is 0. The molecule has 1 heterocycles. The molecule has 1 aliphatic heterocycles. The summed E-state index contributed by atoms with van der Waals surface area (Å²) in [5.41, 5.74) is 27.1. The monoisotopic (exact) mass is 763 g/mol. The fourth-order valence-corrected chi connectivity index (χ4v) is 8.01. The molecule has 4 aliphatic rings. The number of guanidine groups is 2. The van der Waals surface area contributed by atoms with Gasteiger partial charge in [-0.3, -0.25) is 34.0 Å². The van der Waals surface area contributed by atoms with Crippen LogP contribution in [0.3, 0.4) is 0 Å².